The van der Waals surface area contributed by atoms with Crippen LogP contribution in [0.5, 0.6) is 0 Å². The van der Waals surface area contributed by atoms with Crippen molar-refractivity contribution < 1.29 is 0 Å². The van der Waals surface area contributed by atoms with Gasteiger partial charge in [-0.25, -0.2) is 0 Å². The maximum absolute atomic E-state index is 12.1. The number of nitrogens with zero attached hydrogens (tertiary/aromatic N) is 3. The highest BCUT2D eigenvalue weighted by Gasteiger charge is 2.55. The quantitative estimate of drug-likeness (QED) is 0.732. The molecule has 0 spiro atoms. The lowest BCUT2D eigenvalue weighted by Crippen LogP contribution is -2.63. The first-order valence-corrected chi connectivity index (χ1v) is 12.8. The summed E-state index contributed by atoms with van der Waals surface area (Å²) in [5.74, 6) is 1.21. The molecule has 4 aliphatic rings. The van der Waals surface area contributed by atoms with E-state index in [1.165, 1.54) is 35.2 Å². The molecule has 3 heterocycles. The molecule has 2 aliphatic heterocycles. The highest BCUT2D eigenvalue weighted by atomic mass is 16.1. The molecule has 2 aliphatic carbocycles. The van der Waals surface area contributed by atoms with Gasteiger partial charge in [0.15, 0.2) is 0 Å². The van der Waals surface area contributed by atoms with Gasteiger partial charge in [0.2, 0.25) is 5.56 Å². The first-order chi connectivity index (χ1) is 16.1. The van der Waals surface area contributed by atoms with Gasteiger partial charge in [-0.3, -0.25) is 19.5 Å². The van der Waals surface area contributed by atoms with E-state index in [4.69, 9.17) is 0 Å². The molecule has 3 atom stereocenters. The number of benzene rings is 1. The first-order valence-electron chi connectivity index (χ1n) is 12.8. The second-order valence-corrected chi connectivity index (χ2v) is 10.7. The Balaban J connectivity index is 1.22. The highest BCUT2D eigenvalue weighted by Crippen LogP contribution is 2.56. The van der Waals surface area contributed by atoms with Crippen molar-refractivity contribution in [1.29, 1.82) is 0 Å². The number of hydrogen-bond donors (Lipinski definition) is 1. The highest BCUT2D eigenvalue weighted by molar-refractivity contribution is 5.40. The maximum atomic E-state index is 12.1. The van der Waals surface area contributed by atoms with E-state index < -0.39 is 0 Å². The van der Waals surface area contributed by atoms with Crippen LogP contribution in [0.4, 0.5) is 0 Å². The van der Waals surface area contributed by atoms with Crippen LogP contribution in [0.25, 0.3) is 0 Å². The van der Waals surface area contributed by atoms with Crippen LogP contribution in [0.2, 0.25) is 0 Å². The van der Waals surface area contributed by atoms with Crippen molar-refractivity contribution >= 4 is 0 Å². The predicted octanol–water partition coefficient (Wildman–Crippen LogP) is 3.58. The molecule has 5 nitrogen and oxygen atoms in total. The molecule has 2 saturated heterocycles. The smallest absolute Gasteiger partial charge is 0.248 e. The zero-order valence-corrected chi connectivity index (χ0v) is 19.8. The number of nitrogens with one attached hydrogen (secondary N) is 1. The van der Waals surface area contributed by atoms with Crippen LogP contribution in [0.1, 0.15) is 43.0 Å². The Labute approximate surface area is 197 Å². The normalized spacial score (nSPS) is 30.4. The number of piperidine rings is 1. The number of pyridine rings is 1. The zero-order chi connectivity index (χ0) is 22.4. The number of piperazine rings is 1. The number of rotatable bonds is 4. The molecule has 1 N–H and O–H groups in total. The molecule has 2 bridgehead atoms. The molecule has 0 amide bonds. The third-order valence-electron chi connectivity index (χ3n) is 8.68. The topological polar surface area (TPSA) is 42.6 Å². The van der Waals surface area contributed by atoms with E-state index in [-0.39, 0.29) is 11.1 Å². The fourth-order valence-corrected chi connectivity index (χ4v) is 7.31. The average molecular weight is 445 g/mol. The lowest BCUT2D eigenvalue weighted by Gasteiger charge is -2.60. The van der Waals surface area contributed by atoms with E-state index in [1.807, 2.05) is 0 Å². The molecule has 33 heavy (non-hydrogen) atoms. The Morgan fingerprint density at radius 1 is 1.00 bits per heavy atom. The summed E-state index contributed by atoms with van der Waals surface area (Å²) in [6.07, 6.45) is 7.18. The van der Waals surface area contributed by atoms with Crippen LogP contribution in [-0.2, 0) is 18.5 Å². The predicted molar refractivity (Wildman–Crippen MR) is 132 cm³/mol. The molecular weight excluding hydrogens is 408 g/mol. The number of likely N-dealkylation sites (tertiary alicyclic amines) is 1. The molecule has 1 aromatic carbocycles. The maximum Gasteiger partial charge on any atom is 0.248 e. The van der Waals surface area contributed by atoms with E-state index in [0.29, 0.717) is 11.8 Å². The number of aromatic nitrogens is 1. The van der Waals surface area contributed by atoms with Crippen molar-refractivity contribution in [1.82, 2.24) is 19.7 Å². The Morgan fingerprint density at radius 2 is 1.79 bits per heavy atom. The summed E-state index contributed by atoms with van der Waals surface area (Å²) < 4.78 is 0. The average Bonchev–Trinajstić information content (AvgIpc) is 2.81. The van der Waals surface area contributed by atoms with E-state index in [0.717, 1.165) is 58.8 Å². The van der Waals surface area contributed by atoms with Crippen molar-refractivity contribution in [2.24, 2.45) is 11.8 Å². The van der Waals surface area contributed by atoms with Crippen LogP contribution in [0.15, 0.2) is 58.9 Å². The number of H-pyrrole nitrogens is 1. The van der Waals surface area contributed by atoms with Gasteiger partial charge in [-0.2, -0.15) is 0 Å². The largest absolute Gasteiger partial charge is 0.326 e. The van der Waals surface area contributed by atoms with E-state index in [2.05, 4.69) is 69.1 Å². The van der Waals surface area contributed by atoms with Crippen molar-refractivity contribution in [3.8, 4) is 0 Å². The Kier molecular flexibility index (Phi) is 5.52. The summed E-state index contributed by atoms with van der Waals surface area (Å²) in [6.45, 7) is 10.1. The Bertz CT molecular complexity index is 1080. The minimum atomic E-state index is 0.0410. The third kappa shape index (κ3) is 3.80. The third-order valence-corrected chi connectivity index (χ3v) is 8.68. The number of fused-ring (bicyclic) bond motifs is 1. The SMILES string of the molecule is CC1=C[C@H]2Cc3[nH]c(=O)ccc3[C@@]3(C1)[C@@H]2CCCN3CN1CCN(Cc2ccccc2)CC1. The molecular formula is C28H36N4O. The summed E-state index contributed by atoms with van der Waals surface area (Å²) in [5, 5.41) is 0. The van der Waals surface area contributed by atoms with Crippen molar-refractivity contribution in [2.75, 3.05) is 39.4 Å². The number of hydrogen-bond acceptors (Lipinski definition) is 4. The molecule has 6 rings (SSSR count). The fourth-order valence-electron chi connectivity index (χ4n) is 7.31. The first kappa shape index (κ1) is 21.3. The molecule has 0 unspecified atom stereocenters. The van der Waals surface area contributed by atoms with Crippen LogP contribution in [-0.4, -0.2) is 59.1 Å². The van der Waals surface area contributed by atoms with Crippen LogP contribution < -0.4 is 5.56 Å². The standard InChI is InChI=1S/C28H36N4O/c1-21-16-23-17-26-25(9-10-27(33)29-26)28(18-21)24(23)8-5-11-32(28)20-31-14-12-30(13-15-31)19-22-6-3-2-4-7-22/h2-4,6-7,9-10,16,23-24H,5,8,11-15,17-20H2,1H3,(H,29,33)/t23-,24+,28+/m0/s1. The second-order valence-electron chi connectivity index (χ2n) is 10.7. The molecule has 174 valence electrons. The molecule has 0 radical (unpaired) electrons. The Morgan fingerprint density at radius 3 is 2.61 bits per heavy atom. The van der Waals surface area contributed by atoms with Gasteiger partial charge in [0, 0.05) is 51.0 Å². The fraction of sp³-hybridized carbons (Fsp3) is 0.536. The summed E-state index contributed by atoms with van der Waals surface area (Å²) >= 11 is 0. The van der Waals surface area contributed by atoms with E-state index >= 15 is 0 Å². The van der Waals surface area contributed by atoms with Crippen LogP contribution in [0.3, 0.4) is 0 Å². The molecule has 2 aromatic rings. The molecule has 0 saturated carbocycles. The second kappa shape index (κ2) is 8.53. The van der Waals surface area contributed by atoms with Gasteiger partial charge < -0.3 is 4.98 Å². The van der Waals surface area contributed by atoms with Gasteiger partial charge in [-0.05, 0) is 61.6 Å². The monoisotopic (exact) mass is 444 g/mol. The summed E-state index contributed by atoms with van der Waals surface area (Å²) in [6, 6.07) is 14.8. The Hall–Kier alpha value is -2.21. The van der Waals surface area contributed by atoms with Gasteiger partial charge in [0.1, 0.15) is 0 Å². The van der Waals surface area contributed by atoms with Crippen molar-refractivity contribution in [3.63, 3.8) is 0 Å². The van der Waals surface area contributed by atoms with Crippen molar-refractivity contribution in [3.05, 3.63) is 81.3 Å². The summed E-state index contributed by atoms with van der Waals surface area (Å²) in [7, 11) is 0. The van der Waals surface area contributed by atoms with Crippen LogP contribution >= 0.6 is 0 Å². The lowest BCUT2D eigenvalue weighted by molar-refractivity contribution is -0.0787. The lowest BCUT2D eigenvalue weighted by atomic mass is 9.56. The molecule has 5 heteroatoms. The number of allylic oxidation sites excluding steroid dienone is 1. The minimum Gasteiger partial charge on any atom is -0.326 e. The van der Waals surface area contributed by atoms with Gasteiger partial charge in [-0.15, -0.1) is 0 Å². The van der Waals surface area contributed by atoms with Gasteiger partial charge in [0.05, 0.1) is 12.2 Å². The summed E-state index contributed by atoms with van der Waals surface area (Å²) in [5.41, 5.74) is 5.60. The zero-order valence-electron chi connectivity index (χ0n) is 19.8. The minimum absolute atomic E-state index is 0.0410. The van der Waals surface area contributed by atoms with Gasteiger partial charge in [0.25, 0.3) is 0 Å². The van der Waals surface area contributed by atoms with Gasteiger partial charge in [-0.1, -0.05) is 42.0 Å². The molecule has 1 aromatic heterocycles. The van der Waals surface area contributed by atoms with E-state index in [1.54, 1.807) is 6.07 Å². The number of aromatic amines is 1. The van der Waals surface area contributed by atoms with Gasteiger partial charge >= 0.3 is 0 Å². The van der Waals surface area contributed by atoms with E-state index in [9.17, 15) is 4.79 Å². The van der Waals surface area contributed by atoms with Crippen molar-refractivity contribution in [2.45, 2.75) is 44.7 Å². The summed E-state index contributed by atoms with van der Waals surface area (Å²) in [4.78, 5) is 23.4. The van der Waals surface area contributed by atoms with Crippen LogP contribution in [0, 0.1) is 11.8 Å². The molecule has 2 fully saturated rings.